The molecule has 1 N–H and O–H groups in total. The first kappa shape index (κ1) is 19.2. The van der Waals surface area contributed by atoms with E-state index in [1.165, 1.54) is 22.9 Å². The number of halogens is 2. The Hall–Kier alpha value is -1.16. The Labute approximate surface area is 157 Å². The highest BCUT2D eigenvalue weighted by Crippen LogP contribution is 2.28. The van der Waals surface area contributed by atoms with E-state index in [4.69, 9.17) is 23.2 Å². The highest BCUT2D eigenvalue weighted by Gasteiger charge is 2.13. The van der Waals surface area contributed by atoms with E-state index < -0.39 is 0 Å². The second-order valence-corrected chi connectivity index (χ2v) is 7.64. The molecule has 0 saturated heterocycles. The number of rotatable bonds is 6. The first-order valence-corrected chi connectivity index (χ1v) is 9.66. The van der Waals surface area contributed by atoms with Gasteiger partial charge in [0.1, 0.15) is 0 Å². The van der Waals surface area contributed by atoms with Crippen LogP contribution in [0.15, 0.2) is 36.4 Å². The number of hydrogen-bond donors (Lipinski definition) is 1. The third kappa shape index (κ3) is 5.17. The minimum absolute atomic E-state index is 0.0107. The quantitative estimate of drug-likeness (QED) is 0.692. The molecule has 0 fully saturated rings. The molecule has 2 rings (SSSR count). The number of aryl methyl sites for hydroxylation is 2. The van der Waals surface area contributed by atoms with Gasteiger partial charge in [-0.3, -0.25) is 4.79 Å². The molecular weight excluding hydrogens is 361 g/mol. The van der Waals surface area contributed by atoms with E-state index in [0.717, 1.165) is 11.1 Å². The van der Waals surface area contributed by atoms with Crippen LogP contribution in [0.3, 0.4) is 0 Å². The number of hydrogen-bond acceptors (Lipinski definition) is 2. The lowest BCUT2D eigenvalue weighted by Gasteiger charge is -2.17. The van der Waals surface area contributed by atoms with Gasteiger partial charge < -0.3 is 5.32 Å². The van der Waals surface area contributed by atoms with E-state index >= 15 is 0 Å². The van der Waals surface area contributed by atoms with Gasteiger partial charge in [-0.2, -0.15) is 0 Å². The molecule has 2 nitrogen and oxygen atoms in total. The highest BCUT2D eigenvalue weighted by atomic mass is 35.5. The van der Waals surface area contributed by atoms with Crippen molar-refractivity contribution in [3.63, 3.8) is 0 Å². The summed E-state index contributed by atoms with van der Waals surface area (Å²) in [5.41, 5.74) is 4.41. The van der Waals surface area contributed by atoms with Crippen molar-refractivity contribution in [3.05, 3.63) is 68.7 Å². The molecule has 0 aliphatic rings. The van der Waals surface area contributed by atoms with Crippen molar-refractivity contribution >= 4 is 40.9 Å². The summed E-state index contributed by atoms with van der Waals surface area (Å²) >= 11 is 13.8. The molecule has 0 aliphatic heterocycles. The second-order valence-electron chi connectivity index (χ2n) is 5.84. The van der Waals surface area contributed by atoms with Crippen LogP contribution in [0.2, 0.25) is 10.0 Å². The molecule has 0 bridgehead atoms. The lowest BCUT2D eigenvalue weighted by molar-refractivity contribution is -0.119. The minimum Gasteiger partial charge on any atom is -0.349 e. The first-order chi connectivity index (χ1) is 11.4. The highest BCUT2D eigenvalue weighted by molar-refractivity contribution is 7.99. The molecule has 0 aliphatic carbocycles. The van der Waals surface area contributed by atoms with Gasteiger partial charge in [0.15, 0.2) is 0 Å². The predicted octanol–water partition coefficient (Wildman–Crippen LogP) is 5.72. The Balaban J connectivity index is 1.88. The first-order valence-electron chi connectivity index (χ1n) is 7.75. The summed E-state index contributed by atoms with van der Waals surface area (Å²) < 4.78 is 0. The van der Waals surface area contributed by atoms with Gasteiger partial charge in [-0.15, -0.1) is 11.8 Å². The van der Waals surface area contributed by atoms with Gasteiger partial charge in [0.25, 0.3) is 0 Å². The molecule has 128 valence electrons. The summed E-state index contributed by atoms with van der Waals surface area (Å²) in [5.74, 6) is 0.997. The Kier molecular flexibility index (Phi) is 7.02. The largest absolute Gasteiger partial charge is 0.349 e. The molecule has 0 heterocycles. The van der Waals surface area contributed by atoms with Gasteiger partial charge in [-0.25, -0.2) is 0 Å². The van der Waals surface area contributed by atoms with Crippen LogP contribution in [0, 0.1) is 13.8 Å². The Bertz CT molecular complexity index is 713. The molecule has 2 aromatic rings. The molecule has 24 heavy (non-hydrogen) atoms. The number of thioether (sulfide) groups is 1. The molecule has 0 saturated carbocycles. The minimum atomic E-state index is -0.0121. The standard InChI is InChI=1S/C19H21Cl2NOS/c1-12-7-8-13(2)15(9-12)14(3)22-19(23)11-24-10-16-17(20)5-4-6-18(16)21/h4-9,14H,10-11H2,1-3H3,(H,22,23)/t14-/m1/s1. The topological polar surface area (TPSA) is 29.1 Å². The molecule has 0 radical (unpaired) electrons. The van der Waals surface area contributed by atoms with Crippen LogP contribution < -0.4 is 5.32 Å². The van der Waals surface area contributed by atoms with E-state index in [0.29, 0.717) is 21.6 Å². The fourth-order valence-electron chi connectivity index (χ4n) is 2.50. The van der Waals surface area contributed by atoms with Crippen molar-refractivity contribution in [1.29, 1.82) is 0 Å². The summed E-state index contributed by atoms with van der Waals surface area (Å²) in [4.78, 5) is 12.2. The number of carbonyl (C=O) groups is 1. The molecule has 0 unspecified atom stereocenters. The fraction of sp³-hybridized carbons (Fsp3) is 0.316. The van der Waals surface area contributed by atoms with Crippen LogP contribution in [0.5, 0.6) is 0 Å². The summed E-state index contributed by atoms with van der Waals surface area (Å²) in [6, 6.07) is 11.7. The molecule has 1 amide bonds. The van der Waals surface area contributed by atoms with Crippen LogP contribution in [0.25, 0.3) is 0 Å². The number of benzene rings is 2. The summed E-state index contributed by atoms with van der Waals surface area (Å²) in [7, 11) is 0. The van der Waals surface area contributed by atoms with E-state index in [1.807, 2.05) is 25.1 Å². The molecular formula is C19H21Cl2NOS. The Morgan fingerprint density at radius 1 is 1.17 bits per heavy atom. The zero-order valence-electron chi connectivity index (χ0n) is 14.0. The average molecular weight is 382 g/mol. The SMILES string of the molecule is Cc1ccc(C)c([C@@H](C)NC(=O)CSCc2c(Cl)cccc2Cl)c1. The molecule has 5 heteroatoms. The summed E-state index contributed by atoms with van der Waals surface area (Å²) in [6.45, 7) is 6.13. The van der Waals surface area contributed by atoms with Crippen molar-refractivity contribution in [3.8, 4) is 0 Å². The summed E-state index contributed by atoms with van der Waals surface area (Å²) in [6.07, 6.45) is 0. The second kappa shape index (κ2) is 8.80. The Morgan fingerprint density at radius 2 is 1.83 bits per heavy atom. The van der Waals surface area contributed by atoms with Gasteiger partial charge >= 0.3 is 0 Å². The van der Waals surface area contributed by atoms with Crippen LogP contribution in [-0.4, -0.2) is 11.7 Å². The van der Waals surface area contributed by atoms with Crippen molar-refractivity contribution in [2.24, 2.45) is 0 Å². The Morgan fingerprint density at radius 3 is 2.50 bits per heavy atom. The number of nitrogens with one attached hydrogen (secondary N) is 1. The lowest BCUT2D eigenvalue weighted by atomic mass is 10.00. The van der Waals surface area contributed by atoms with Gasteiger partial charge in [-0.05, 0) is 49.6 Å². The van der Waals surface area contributed by atoms with Crippen LogP contribution >= 0.6 is 35.0 Å². The monoisotopic (exact) mass is 381 g/mol. The van der Waals surface area contributed by atoms with Gasteiger partial charge in [0.2, 0.25) is 5.91 Å². The average Bonchev–Trinajstić information content (AvgIpc) is 2.52. The van der Waals surface area contributed by atoms with Crippen LogP contribution in [-0.2, 0) is 10.5 Å². The van der Waals surface area contributed by atoms with Gasteiger partial charge in [-0.1, -0.05) is 53.0 Å². The number of amides is 1. The summed E-state index contributed by atoms with van der Waals surface area (Å²) in [5, 5.41) is 4.33. The van der Waals surface area contributed by atoms with Gasteiger partial charge in [0, 0.05) is 15.8 Å². The molecule has 1 atom stereocenters. The molecule has 0 spiro atoms. The van der Waals surface area contributed by atoms with E-state index in [9.17, 15) is 4.79 Å². The van der Waals surface area contributed by atoms with Crippen molar-refractivity contribution in [1.82, 2.24) is 5.32 Å². The molecule has 0 aromatic heterocycles. The normalized spacial score (nSPS) is 12.0. The number of carbonyl (C=O) groups excluding carboxylic acids is 1. The van der Waals surface area contributed by atoms with E-state index in [1.54, 1.807) is 0 Å². The zero-order valence-corrected chi connectivity index (χ0v) is 16.4. The predicted molar refractivity (Wildman–Crippen MR) is 105 cm³/mol. The third-order valence-electron chi connectivity index (χ3n) is 3.82. The molecule has 2 aromatic carbocycles. The van der Waals surface area contributed by atoms with E-state index in [-0.39, 0.29) is 11.9 Å². The van der Waals surface area contributed by atoms with Crippen molar-refractivity contribution in [2.75, 3.05) is 5.75 Å². The third-order valence-corrected chi connectivity index (χ3v) is 5.49. The smallest absolute Gasteiger partial charge is 0.230 e. The maximum absolute atomic E-state index is 12.2. The maximum Gasteiger partial charge on any atom is 0.230 e. The zero-order chi connectivity index (χ0) is 17.7. The maximum atomic E-state index is 12.2. The lowest BCUT2D eigenvalue weighted by Crippen LogP contribution is -2.28. The van der Waals surface area contributed by atoms with Crippen LogP contribution in [0.4, 0.5) is 0 Å². The van der Waals surface area contributed by atoms with Crippen molar-refractivity contribution < 1.29 is 4.79 Å². The van der Waals surface area contributed by atoms with Crippen LogP contribution in [0.1, 0.15) is 35.2 Å². The fourth-order valence-corrected chi connectivity index (χ4v) is 4.08. The van der Waals surface area contributed by atoms with Gasteiger partial charge in [0.05, 0.1) is 11.8 Å². The van der Waals surface area contributed by atoms with Crippen molar-refractivity contribution in [2.45, 2.75) is 32.6 Å². The van der Waals surface area contributed by atoms with E-state index in [2.05, 4.69) is 37.4 Å².